The lowest BCUT2D eigenvalue weighted by Gasteiger charge is -2.07. The van der Waals surface area contributed by atoms with Gasteiger partial charge in [0.15, 0.2) is 0 Å². The van der Waals surface area contributed by atoms with E-state index in [0.717, 1.165) is 107 Å². The fourth-order valence-corrected chi connectivity index (χ4v) is 8.96. The van der Waals surface area contributed by atoms with Crippen LogP contribution >= 0.6 is 63.7 Å². The first-order chi connectivity index (χ1) is 25.5. The lowest BCUT2D eigenvalue weighted by molar-refractivity contribution is 1.31. The van der Waals surface area contributed by atoms with Gasteiger partial charge in [-0.3, -0.25) is 0 Å². The van der Waals surface area contributed by atoms with Gasteiger partial charge >= 0.3 is 0 Å². The summed E-state index contributed by atoms with van der Waals surface area (Å²) in [5.74, 6) is 0. The summed E-state index contributed by atoms with van der Waals surface area (Å²) in [6.45, 7) is 0. The highest BCUT2D eigenvalue weighted by Gasteiger charge is 2.24. The molecule has 0 fully saturated rings. The van der Waals surface area contributed by atoms with E-state index in [9.17, 15) is 0 Å². The molecule has 2 N–H and O–H groups in total. The number of aromatic amines is 2. The van der Waals surface area contributed by atoms with E-state index in [4.69, 9.17) is 9.97 Å². The molecule has 4 nitrogen and oxygen atoms in total. The lowest BCUT2D eigenvalue weighted by Crippen LogP contribution is -1.90. The molecular weight excluding hydrogens is 904 g/mol. The molecule has 9 rings (SSSR count). The van der Waals surface area contributed by atoms with Crippen LogP contribution in [-0.2, 0) is 0 Å². The van der Waals surface area contributed by atoms with Gasteiger partial charge in [0.2, 0.25) is 0 Å². The summed E-state index contributed by atoms with van der Waals surface area (Å²) < 4.78 is 3.61. The maximum Gasteiger partial charge on any atom is 0.0737 e. The monoisotopic (exact) mass is 926 g/mol. The molecule has 2 aliphatic heterocycles. The molecule has 8 bridgehead atoms. The topological polar surface area (TPSA) is 57.4 Å². The number of hydrogen-bond acceptors (Lipinski definition) is 2. The first-order valence-corrected chi connectivity index (χ1v) is 19.8. The van der Waals surface area contributed by atoms with Crippen molar-refractivity contribution in [3.63, 3.8) is 0 Å². The summed E-state index contributed by atoms with van der Waals surface area (Å²) in [7, 11) is 0. The van der Waals surface area contributed by atoms with Crippen molar-refractivity contribution in [3.8, 4) is 44.5 Å². The number of H-pyrrole nitrogens is 2. The molecule has 3 aromatic heterocycles. The van der Waals surface area contributed by atoms with E-state index < -0.39 is 0 Å². The second-order valence-electron chi connectivity index (χ2n) is 12.4. The van der Waals surface area contributed by atoms with E-state index in [1.807, 2.05) is 24.3 Å². The first kappa shape index (κ1) is 33.3. The minimum Gasteiger partial charge on any atom is -0.352 e. The Morgan fingerprint density at radius 3 is 0.731 bits per heavy atom. The summed E-state index contributed by atoms with van der Waals surface area (Å²) in [6, 6.07) is 41.7. The largest absolute Gasteiger partial charge is 0.352 e. The fourth-order valence-electron chi connectivity index (χ4n) is 6.98. The van der Waals surface area contributed by atoms with Crippen LogP contribution in [0.5, 0.6) is 0 Å². The summed E-state index contributed by atoms with van der Waals surface area (Å²) in [5.41, 5.74) is 15.1. The average molecular weight is 930 g/mol. The van der Waals surface area contributed by atoms with Crippen molar-refractivity contribution in [3.05, 3.63) is 162 Å². The molecule has 7 aromatic rings. The van der Waals surface area contributed by atoms with Crippen molar-refractivity contribution < 1.29 is 0 Å². The summed E-state index contributed by atoms with van der Waals surface area (Å²) >= 11 is 16.0. The summed E-state index contributed by atoms with van der Waals surface area (Å²) in [6.07, 6.45) is 8.45. The molecule has 0 aliphatic carbocycles. The van der Waals surface area contributed by atoms with Gasteiger partial charge in [0, 0.05) is 22.3 Å². The Kier molecular flexibility index (Phi) is 8.79. The third-order valence-electron chi connectivity index (χ3n) is 9.32. The normalized spacial score (nSPS) is 12.1. The standard InChI is InChI=1S/C44H26Br4N4/c45-37-38(46)42-35(27-17-9-3-10-18-27)31-23-24-32(50-31)36(28-19-11-4-12-20-28)44-40(48)39(47)43(52-44)34(26-15-7-2-8-16-26)30-22-21-29(49-30)33(41(37)51-42)25-13-5-1-6-14-25/h1-24,51-52H. The zero-order chi connectivity index (χ0) is 35.3. The SMILES string of the molecule is Brc1c(Br)c2[nH]c1c(-c1ccccc1)c1nc(c(-c3ccccc3)c3[nH]c(c(Br)c3Br)c(-c3ccccc3)c3nc(c2-c2ccccc2)C=C3)C=C1. The van der Waals surface area contributed by atoms with Crippen LogP contribution in [0.1, 0.15) is 22.8 Å². The number of nitrogens with zero attached hydrogens (tertiary/aromatic N) is 2. The third-order valence-corrected chi connectivity index (χ3v) is 13.6. The Morgan fingerprint density at radius 2 is 0.519 bits per heavy atom. The van der Waals surface area contributed by atoms with Crippen LogP contribution < -0.4 is 0 Å². The van der Waals surface area contributed by atoms with Gasteiger partial charge in [-0.05, 0) is 110 Å². The van der Waals surface area contributed by atoms with E-state index in [0.29, 0.717) is 0 Å². The molecule has 0 radical (unpaired) electrons. The van der Waals surface area contributed by atoms with Gasteiger partial charge in [-0.2, -0.15) is 0 Å². The van der Waals surface area contributed by atoms with Crippen molar-refractivity contribution in [2.24, 2.45) is 0 Å². The van der Waals surface area contributed by atoms with Crippen molar-refractivity contribution in [2.45, 2.75) is 0 Å². The van der Waals surface area contributed by atoms with Gasteiger partial charge in [0.05, 0.1) is 62.7 Å². The van der Waals surface area contributed by atoms with Gasteiger partial charge in [0.1, 0.15) is 0 Å². The van der Waals surface area contributed by atoms with E-state index in [1.54, 1.807) is 0 Å². The maximum absolute atomic E-state index is 5.42. The Balaban J connectivity index is 1.56. The molecule has 0 spiro atoms. The highest BCUT2D eigenvalue weighted by atomic mass is 79.9. The number of benzene rings is 4. The van der Waals surface area contributed by atoms with Crippen LogP contribution in [0.15, 0.2) is 139 Å². The highest BCUT2D eigenvalue weighted by Crippen LogP contribution is 2.46. The first-order valence-electron chi connectivity index (χ1n) is 16.6. The molecule has 0 saturated carbocycles. The van der Waals surface area contributed by atoms with Gasteiger partial charge < -0.3 is 9.97 Å². The third kappa shape index (κ3) is 5.69. The number of hydrogen-bond donors (Lipinski definition) is 2. The van der Waals surface area contributed by atoms with Crippen molar-refractivity contribution in [1.29, 1.82) is 0 Å². The maximum atomic E-state index is 5.42. The number of aromatic nitrogens is 4. The Hall–Kier alpha value is -4.60. The Bertz CT molecular complexity index is 2380. The second-order valence-corrected chi connectivity index (χ2v) is 15.6. The molecule has 5 heterocycles. The lowest BCUT2D eigenvalue weighted by atomic mass is 10.0. The van der Waals surface area contributed by atoms with Crippen LogP contribution in [-0.4, -0.2) is 19.9 Å². The Labute approximate surface area is 334 Å². The van der Waals surface area contributed by atoms with Crippen molar-refractivity contribution >= 4 is 110 Å². The van der Waals surface area contributed by atoms with Crippen LogP contribution in [0.2, 0.25) is 0 Å². The van der Waals surface area contributed by atoms with E-state index >= 15 is 0 Å². The molecule has 250 valence electrons. The Morgan fingerprint density at radius 1 is 0.308 bits per heavy atom. The van der Waals surface area contributed by atoms with Gasteiger partial charge in [0.25, 0.3) is 0 Å². The molecule has 0 atom stereocenters. The second kappa shape index (κ2) is 13.7. The van der Waals surface area contributed by atoms with Crippen LogP contribution in [0.3, 0.4) is 0 Å². The summed E-state index contributed by atoms with van der Waals surface area (Å²) in [5, 5.41) is 0. The molecule has 4 aromatic carbocycles. The summed E-state index contributed by atoms with van der Waals surface area (Å²) in [4.78, 5) is 18.5. The molecular formula is C44H26Br4N4. The van der Waals surface area contributed by atoms with Gasteiger partial charge in [-0.1, -0.05) is 121 Å². The molecule has 0 unspecified atom stereocenters. The number of rotatable bonds is 4. The highest BCUT2D eigenvalue weighted by molar-refractivity contribution is 9.13. The van der Waals surface area contributed by atoms with Gasteiger partial charge in [-0.25, -0.2) is 9.97 Å². The quantitative estimate of drug-likeness (QED) is 0.185. The van der Waals surface area contributed by atoms with Crippen molar-refractivity contribution in [1.82, 2.24) is 19.9 Å². The predicted octanol–water partition coefficient (Wildman–Crippen LogP) is 14.4. The molecule has 0 amide bonds. The molecule has 8 heteroatoms. The van der Waals surface area contributed by atoms with Crippen LogP contribution in [0.25, 0.3) is 90.9 Å². The zero-order valence-electron chi connectivity index (χ0n) is 27.3. The van der Waals surface area contributed by atoms with E-state index in [2.05, 4.69) is 195 Å². The molecule has 2 aliphatic rings. The van der Waals surface area contributed by atoms with E-state index in [1.165, 1.54) is 0 Å². The van der Waals surface area contributed by atoms with Crippen LogP contribution in [0.4, 0.5) is 0 Å². The molecule has 52 heavy (non-hydrogen) atoms. The predicted molar refractivity (Wildman–Crippen MR) is 231 cm³/mol. The fraction of sp³-hybridized carbons (Fsp3) is 0. The van der Waals surface area contributed by atoms with Crippen LogP contribution in [0, 0.1) is 0 Å². The van der Waals surface area contributed by atoms with E-state index in [-0.39, 0.29) is 0 Å². The number of nitrogens with one attached hydrogen (secondary N) is 2. The van der Waals surface area contributed by atoms with Gasteiger partial charge in [-0.15, -0.1) is 0 Å². The number of fused-ring (bicyclic) bond motifs is 8. The number of halogens is 4. The minimum atomic E-state index is 0.844. The minimum absolute atomic E-state index is 0.844. The average Bonchev–Trinajstić information content (AvgIpc) is 3.98. The zero-order valence-corrected chi connectivity index (χ0v) is 33.6. The van der Waals surface area contributed by atoms with Crippen molar-refractivity contribution in [2.75, 3.05) is 0 Å². The molecule has 0 saturated heterocycles. The smallest absolute Gasteiger partial charge is 0.0737 e.